The lowest BCUT2D eigenvalue weighted by Crippen LogP contribution is -2.43. The fraction of sp³-hybridized carbons (Fsp3) is 0.550. The molecule has 4 heteroatoms. The summed E-state index contributed by atoms with van der Waals surface area (Å²) in [5.41, 5.74) is 3.75. The van der Waals surface area contributed by atoms with Crippen LogP contribution in [0.15, 0.2) is 27.4 Å². The van der Waals surface area contributed by atoms with Crippen molar-refractivity contribution >= 4 is 11.0 Å². The Hall–Kier alpha value is -1.65. The average Bonchev–Trinajstić information content (AvgIpc) is 2.78. The molecule has 4 rings (SSSR count). The largest absolute Gasteiger partial charge is 0.422 e. The molecule has 2 bridgehead atoms. The highest BCUT2D eigenvalue weighted by Crippen LogP contribution is 2.40. The number of benzene rings is 1. The van der Waals surface area contributed by atoms with Crippen LogP contribution >= 0.6 is 0 Å². The Morgan fingerprint density at radius 3 is 2.54 bits per heavy atom. The van der Waals surface area contributed by atoms with E-state index in [1.54, 1.807) is 6.07 Å². The topological polar surface area (TPSA) is 53.7 Å². The van der Waals surface area contributed by atoms with Gasteiger partial charge in [0.25, 0.3) is 0 Å². The minimum absolute atomic E-state index is 0.262. The molecule has 2 saturated heterocycles. The number of hydrogen-bond donors (Lipinski definition) is 1. The Morgan fingerprint density at radius 2 is 1.88 bits per heavy atom. The van der Waals surface area contributed by atoms with E-state index in [0.717, 1.165) is 41.5 Å². The highest BCUT2D eigenvalue weighted by Gasteiger charge is 2.40. The minimum Gasteiger partial charge on any atom is -0.422 e. The molecule has 0 amide bonds. The quantitative estimate of drug-likeness (QED) is 0.880. The van der Waals surface area contributed by atoms with Crippen molar-refractivity contribution in [3.05, 3.63) is 45.3 Å². The molecule has 1 unspecified atom stereocenters. The highest BCUT2D eigenvalue weighted by molar-refractivity contribution is 5.83. The third kappa shape index (κ3) is 2.68. The molecule has 2 aliphatic heterocycles. The van der Waals surface area contributed by atoms with Crippen LogP contribution in [0.2, 0.25) is 0 Å². The van der Waals surface area contributed by atoms with Gasteiger partial charge in [-0.2, -0.15) is 0 Å². The molecule has 1 aromatic carbocycles. The van der Waals surface area contributed by atoms with Crippen molar-refractivity contribution in [3.8, 4) is 0 Å². The van der Waals surface area contributed by atoms with E-state index >= 15 is 0 Å². The van der Waals surface area contributed by atoms with Gasteiger partial charge in [-0.05, 0) is 68.2 Å². The van der Waals surface area contributed by atoms with Crippen LogP contribution in [-0.2, 0) is 6.54 Å². The maximum Gasteiger partial charge on any atom is 0.336 e. The van der Waals surface area contributed by atoms with Gasteiger partial charge in [0.05, 0.1) is 0 Å². The lowest BCUT2D eigenvalue weighted by atomic mass is 9.91. The van der Waals surface area contributed by atoms with Gasteiger partial charge in [0.15, 0.2) is 0 Å². The van der Waals surface area contributed by atoms with Gasteiger partial charge in [0.1, 0.15) is 5.58 Å². The first-order valence-electron chi connectivity index (χ1n) is 8.95. The zero-order valence-electron chi connectivity index (χ0n) is 14.4. The number of hydrogen-bond acceptors (Lipinski definition) is 4. The Morgan fingerprint density at radius 1 is 1.17 bits per heavy atom. The number of fused-ring (bicyclic) bond motifs is 3. The molecule has 3 heterocycles. The summed E-state index contributed by atoms with van der Waals surface area (Å²) < 4.78 is 5.47. The van der Waals surface area contributed by atoms with Crippen LogP contribution in [0.5, 0.6) is 0 Å². The number of aliphatic hydroxyl groups is 1. The molecular formula is C20H25NO3. The number of aryl methyl sites for hydroxylation is 2. The smallest absolute Gasteiger partial charge is 0.336 e. The standard InChI is InChI=1S/C20H25NO3/c1-12-5-13(2)20-18(6-12)15(9-19(23)24-20)10-21-16-3-4-17(21)8-14(7-16)11-22/h5-6,9,14,16-17,22H,3-4,7-8,10-11H2,1-2H3/t14?,16-,17+. The van der Waals surface area contributed by atoms with Crippen molar-refractivity contribution < 1.29 is 9.52 Å². The van der Waals surface area contributed by atoms with Crippen LogP contribution < -0.4 is 5.63 Å². The number of piperidine rings is 1. The molecule has 2 aromatic rings. The maximum absolute atomic E-state index is 12.0. The second kappa shape index (κ2) is 6.01. The Bertz CT molecular complexity index is 811. The van der Waals surface area contributed by atoms with Crippen LogP contribution in [0.1, 0.15) is 42.4 Å². The van der Waals surface area contributed by atoms with Gasteiger partial charge in [-0.3, -0.25) is 4.90 Å². The molecular weight excluding hydrogens is 302 g/mol. The zero-order chi connectivity index (χ0) is 16.8. The fourth-order valence-electron chi connectivity index (χ4n) is 4.80. The molecule has 0 radical (unpaired) electrons. The predicted octanol–water partition coefficient (Wildman–Crippen LogP) is 3.15. The number of nitrogens with zero attached hydrogens (tertiary/aromatic N) is 1. The van der Waals surface area contributed by atoms with E-state index in [1.165, 1.54) is 18.4 Å². The SMILES string of the molecule is Cc1cc(C)c2oc(=O)cc(CN3[C@@H]4CC[C@H]3CC(CO)C4)c2c1. The van der Waals surface area contributed by atoms with E-state index in [1.807, 2.05) is 6.92 Å². The Labute approximate surface area is 142 Å². The van der Waals surface area contributed by atoms with E-state index < -0.39 is 0 Å². The van der Waals surface area contributed by atoms with Crippen molar-refractivity contribution in [3.63, 3.8) is 0 Å². The first kappa shape index (κ1) is 15.9. The van der Waals surface area contributed by atoms with Crippen molar-refractivity contribution in [1.29, 1.82) is 0 Å². The zero-order valence-corrected chi connectivity index (χ0v) is 14.4. The molecule has 0 aliphatic carbocycles. The molecule has 4 nitrogen and oxygen atoms in total. The van der Waals surface area contributed by atoms with Gasteiger partial charge in [0, 0.05) is 36.7 Å². The minimum atomic E-state index is -0.262. The molecule has 24 heavy (non-hydrogen) atoms. The third-order valence-corrected chi connectivity index (χ3v) is 5.85. The summed E-state index contributed by atoms with van der Waals surface area (Å²) in [5.74, 6) is 0.445. The first-order valence-corrected chi connectivity index (χ1v) is 8.95. The van der Waals surface area contributed by atoms with Crippen LogP contribution in [0.3, 0.4) is 0 Å². The lowest BCUT2D eigenvalue weighted by molar-refractivity contribution is 0.0685. The molecule has 2 aliphatic rings. The fourth-order valence-corrected chi connectivity index (χ4v) is 4.80. The van der Waals surface area contributed by atoms with Crippen molar-refractivity contribution in [2.75, 3.05) is 6.61 Å². The molecule has 1 N–H and O–H groups in total. The molecule has 1 aromatic heterocycles. The summed E-state index contributed by atoms with van der Waals surface area (Å²) >= 11 is 0. The summed E-state index contributed by atoms with van der Waals surface area (Å²) in [6.07, 6.45) is 4.56. The molecule has 2 fully saturated rings. The van der Waals surface area contributed by atoms with Crippen molar-refractivity contribution in [1.82, 2.24) is 4.90 Å². The van der Waals surface area contributed by atoms with Gasteiger partial charge in [-0.1, -0.05) is 6.07 Å². The summed E-state index contributed by atoms with van der Waals surface area (Å²) in [4.78, 5) is 14.6. The second-order valence-electron chi connectivity index (χ2n) is 7.63. The van der Waals surface area contributed by atoms with E-state index in [2.05, 4.69) is 24.0 Å². The Balaban J connectivity index is 1.72. The highest BCUT2D eigenvalue weighted by atomic mass is 16.4. The first-order chi connectivity index (χ1) is 11.5. The Kier molecular flexibility index (Phi) is 3.97. The summed E-state index contributed by atoms with van der Waals surface area (Å²) in [7, 11) is 0. The van der Waals surface area contributed by atoms with Gasteiger partial charge in [-0.25, -0.2) is 4.79 Å². The van der Waals surface area contributed by atoms with E-state index in [9.17, 15) is 9.90 Å². The van der Waals surface area contributed by atoms with Crippen LogP contribution in [0.25, 0.3) is 11.0 Å². The van der Waals surface area contributed by atoms with Crippen LogP contribution in [0, 0.1) is 19.8 Å². The summed E-state index contributed by atoms with van der Waals surface area (Å²) in [6, 6.07) is 6.93. The average molecular weight is 327 g/mol. The van der Waals surface area contributed by atoms with E-state index in [0.29, 0.717) is 24.6 Å². The molecule has 128 valence electrons. The normalized spacial score (nSPS) is 27.0. The summed E-state index contributed by atoms with van der Waals surface area (Å²) in [5, 5.41) is 10.6. The van der Waals surface area contributed by atoms with Crippen molar-refractivity contribution in [2.45, 2.75) is 58.2 Å². The van der Waals surface area contributed by atoms with Crippen LogP contribution in [-0.4, -0.2) is 28.7 Å². The lowest BCUT2D eigenvalue weighted by Gasteiger charge is -2.38. The molecule has 0 spiro atoms. The molecule has 3 atom stereocenters. The van der Waals surface area contributed by atoms with E-state index in [-0.39, 0.29) is 5.63 Å². The predicted molar refractivity (Wildman–Crippen MR) is 94.1 cm³/mol. The monoisotopic (exact) mass is 327 g/mol. The number of rotatable bonds is 3. The third-order valence-electron chi connectivity index (χ3n) is 5.85. The number of aliphatic hydroxyl groups excluding tert-OH is 1. The molecule has 0 saturated carbocycles. The van der Waals surface area contributed by atoms with Gasteiger partial charge in [-0.15, -0.1) is 0 Å². The van der Waals surface area contributed by atoms with Gasteiger partial charge < -0.3 is 9.52 Å². The van der Waals surface area contributed by atoms with E-state index in [4.69, 9.17) is 4.42 Å². The maximum atomic E-state index is 12.0. The van der Waals surface area contributed by atoms with Gasteiger partial charge in [0.2, 0.25) is 0 Å². The summed E-state index contributed by atoms with van der Waals surface area (Å²) in [6.45, 7) is 5.19. The van der Waals surface area contributed by atoms with Gasteiger partial charge >= 0.3 is 5.63 Å². The second-order valence-corrected chi connectivity index (χ2v) is 7.63. The van der Waals surface area contributed by atoms with Crippen molar-refractivity contribution in [2.24, 2.45) is 5.92 Å². The van der Waals surface area contributed by atoms with Crippen LogP contribution in [0.4, 0.5) is 0 Å².